The molecule has 1 aromatic heterocycles. The molecule has 0 atom stereocenters. The van der Waals surface area contributed by atoms with Crippen LogP contribution in [0, 0.1) is 0 Å². The second kappa shape index (κ2) is 11.7. The van der Waals surface area contributed by atoms with Crippen LogP contribution in [0.4, 0.5) is 11.4 Å². The number of benzene rings is 3. The molecule has 4 aromatic rings. The summed E-state index contributed by atoms with van der Waals surface area (Å²) in [5.74, 6) is -1.12. The van der Waals surface area contributed by atoms with E-state index in [0.717, 1.165) is 16.0 Å². The molecule has 3 aromatic carbocycles. The number of carbonyl (C=O) groups is 3. The highest BCUT2D eigenvalue weighted by Gasteiger charge is 2.26. The Balaban J connectivity index is 1.51. The van der Waals surface area contributed by atoms with Crippen molar-refractivity contribution in [1.29, 1.82) is 0 Å². The van der Waals surface area contributed by atoms with Crippen LogP contribution >= 0.6 is 12.2 Å². The van der Waals surface area contributed by atoms with Crippen molar-refractivity contribution in [3.63, 3.8) is 0 Å². The molecule has 0 fully saturated rings. The van der Waals surface area contributed by atoms with Gasteiger partial charge in [0.25, 0.3) is 5.91 Å². The molecular formula is C28H23N3O4S. The smallest absolute Gasteiger partial charge is 0.291 e. The number of amides is 3. The van der Waals surface area contributed by atoms with Crippen LogP contribution in [0.3, 0.4) is 0 Å². The topological polar surface area (TPSA) is 91.7 Å². The van der Waals surface area contributed by atoms with Crippen molar-refractivity contribution in [3.05, 3.63) is 120 Å². The normalized spacial score (nSPS) is 10.3. The Labute approximate surface area is 213 Å². The Morgan fingerprint density at radius 1 is 0.694 bits per heavy atom. The van der Waals surface area contributed by atoms with Crippen molar-refractivity contribution in [1.82, 2.24) is 4.90 Å². The number of thiocarbonyl (C=S) groups is 1. The lowest BCUT2D eigenvalue weighted by molar-refractivity contribution is -0.138. The van der Waals surface area contributed by atoms with Gasteiger partial charge in [-0.05, 0) is 53.7 Å². The predicted octanol–water partition coefficient (Wildman–Crippen LogP) is 5.07. The molecule has 0 aliphatic heterocycles. The average molecular weight is 498 g/mol. The molecule has 0 saturated carbocycles. The summed E-state index contributed by atoms with van der Waals surface area (Å²) in [6, 6.07) is 28.3. The molecule has 4 rings (SSSR count). The molecule has 0 aliphatic rings. The largest absolute Gasteiger partial charge is 0.459 e. The van der Waals surface area contributed by atoms with E-state index in [0.29, 0.717) is 11.4 Å². The fourth-order valence-electron chi connectivity index (χ4n) is 3.52. The lowest BCUT2D eigenvalue weighted by Gasteiger charge is -2.23. The zero-order valence-electron chi connectivity index (χ0n) is 19.2. The van der Waals surface area contributed by atoms with E-state index in [4.69, 9.17) is 16.6 Å². The van der Waals surface area contributed by atoms with Crippen molar-refractivity contribution < 1.29 is 18.8 Å². The summed E-state index contributed by atoms with van der Waals surface area (Å²) < 4.78 is 5.11. The van der Waals surface area contributed by atoms with Gasteiger partial charge in [-0.25, -0.2) is 4.90 Å². The number of furan rings is 1. The zero-order valence-corrected chi connectivity index (χ0v) is 20.0. The van der Waals surface area contributed by atoms with Crippen LogP contribution in [0.2, 0.25) is 0 Å². The molecule has 36 heavy (non-hydrogen) atoms. The van der Waals surface area contributed by atoms with E-state index >= 15 is 0 Å². The van der Waals surface area contributed by atoms with Gasteiger partial charge >= 0.3 is 0 Å². The number of hydrogen-bond acceptors (Lipinski definition) is 5. The van der Waals surface area contributed by atoms with Crippen LogP contribution in [-0.2, 0) is 22.4 Å². The lowest BCUT2D eigenvalue weighted by atomic mass is 10.1. The van der Waals surface area contributed by atoms with Crippen molar-refractivity contribution in [3.8, 4) is 0 Å². The van der Waals surface area contributed by atoms with E-state index in [1.807, 2.05) is 60.7 Å². The highest BCUT2D eigenvalue weighted by Crippen LogP contribution is 2.18. The first-order chi connectivity index (χ1) is 17.5. The maximum atomic E-state index is 13.2. The van der Waals surface area contributed by atoms with Gasteiger partial charge in [-0.3, -0.25) is 14.4 Å². The maximum absolute atomic E-state index is 13.2. The maximum Gasteiger partial charge on any atom is 0.291 e. The molecule has 180 valence electrons. The summed E-state index contributed by atoms with van der Waals surface area (Å²) in [6.45, 7) is 0. The molecule has 8 heteroatoms. The first kappa shape index (κ1) is 24.6. The van der Waals surface area contributed by atoms with E-state index in [1.165, 1.54) is 6.26 Å². The Morgan fingerprint density at radius 2 is 1.25 bits per heavy atom. The van der Waals surface area contributed by atoms with Gasteiger partial charge in [0.15, 0.2) is 10.9 Å². The monoisotopic (exact) mass is 497 g/mol. The quantitative estimate of drug-likeness (QED) is 0.347. The molecule has 1 heterocycles. The predicted molar refractivity (Wildman–Crippen MR) is 141 cm³/mol. The van der Waals surface area contributed by atoms with Crippen LogP contribution in [0.1, 0.15) is 21.7 Å². The van der Waals surface area contributed by atoms with Crippen LogP contribution in [0.15, 0.2) is 108 Å². The summed E-state index contributed by atoms with van der Waals surface area (Å²) in [6.07, 6.45) is 1.45. The first-order valence-corrected chi connectivity index (χ1v) is 11.6. The van der Waals surface area contributed by atoms with Gasteiger partial charge in [-0.2, -0.15) is 0 Å². The highest BCUT2D eigenvalue weighted by molar-refractivity contribution is 7.80. The molecule has 0 spiro atoms. The van der Waals surface area contributed by atoms with Crippen molar-refractivity contribution in [2.24, 2.45) is 0 Å². The molecule has 0 unspecified atom stereocenters. The fraction of sp³-hybridized carbons (Fsp3) is 0.0714. The summed E-state index contributed by atoms with van der Waals surface area (Å²) in [5, 5.41) is 5.65. The van der Waals surface area contributed by atoms with Gasteiger partial charge in [0.05, 0.1) is 19.1 Å². The van der Waals surface area contributed by atoms with E-state index in [1.54, 1.807) is 36.4 Å². The number of imide groups is 1. The van der Waals surface area contributed by atoms with E-state index in [-0.39, 0.29) is 23.7 Å². The number of anilines is 2. The standard InChI is InChI=1S/C28H23N3O4S/c32-25(17-20-9-3-1-4-10-20)31(26(33)18-21-11-5-2-6-12-21)28(36)30-23-14-7-13-22(19-23)29-27(34)24-15-8-16-35-24/h1-16,19H,17-18H2,(H,29,34)(H,30,36). The van der Waals surface area contributed by atoms with Gasteiger partial charge < -0.3 is 15.1 Å². The number of nitrogens with one attached hydrogen (secondary N) is 2. The van der Waals surface area contributed by atoms with Gasteiger partial charge in [-0.1, -0.05) is 66.7 Å². The lowest BCUT2D eigenvalue weighted by Crippen LogP contribution is -2.45. The SMILES string of the molecule is O=C(Nc1cccc(NC(=S)N(C(=O)Cc2ccccc2)C(=O)Cc2ccccc2)c1)c1ccco1. The number of hydrogen-bond donors (Lipinski definition) is 2. The summed E-state index contributed by atoms with van der Waals surface area (Å²) in [7, 11) is 0. The van der Waals surface area contributed by atoms with Crippen molar-refractivity contribution in [2.45, 2.75) is 12.8 Å². The molecular weight excluding hydrogens is 474 g/mol. The van der Waals surface area contributed by atoms with Gasteiger partial charge in [0, 0.05) is 11.4 Å². The minimum absolute atomic E-state index is 0.0163. The van der Waals surface area contributed by atoms with E-state index < -0.39 is 17.7 Å². The molecule has 7 nitrogen and oxygen atoms in total. The summed E-state index contributed by atoms with van der Waals surface area (Å²) in [5.41, 5.74) is 2.53. The number of rotatable bonds is 7. The minimum Gasteiger partial charge on any atom is -0.459 e. The Hall–Kier alpha value is -4.56. The first-order valence-electron chi connectivity index (χ1n) is 11.2. The van der Waals surface area contributed by atoms with Gasteiger partial charge in [-0.15, -0.1) is 0 Å². The molecule has 0 radical (unpaired) electrons. The molecule has 0 bridgehead atoms. The number of nitrogens with zero attached hydrogens (tertiary/aromatic N) is 1. The second-order valence-electron chi connectivity index (χ2n) is 7.89. The van der Waals surface area contributed by atoms with E-state index in [9.17, 15) is 14.4 Å². The molecule has 0 aliphatic carbocycles. The van der Waals surface area contributed by atoms with Crippen molar-refractivity contribution >= 4 is 46.4 Å². The van der Waals surface area contributed by atoms with Crippen molar-refractivity contribution in [2.75, 3.05) is 10.6 Å². The van der Waals surface area contributed by atoms with Crippen LogP contribution in [0.25, 0.3) is 0 Å². The molecule has 3 amide bonds. The Bertz CT molecular complexity index is 1300. The second-order valence-corrected chi connectivity index (χ2v) is 8.28. The zero-order chi connectivity index (χ0) is 25.3. The van der Waals surface area contributed by atoms with Crippen LogP contribution in [0.5, 0.6) is 0 Å². The average Bonchev–Trinajstić information content (AvgIpc) is 3.41. The van der Waals surface area contributed by atoms with Gasteiger partial charge in [0.1, 0.15) is 0 Å². The third-order valence-electron chi connectivity index (χ3n) is 5.21. The third-order valence-corrected chi connectivity index (χ3v) is 5.50. The van der Waals surface area contributed by atoms with E-state index in [2.05, 4.69) is 10.6 Å². The molecule has 2 N–H and O–H groups in total. The summed E-state index contributed by atoms with van der Waals surface area (Å²) >= 11 is 5.51. The van der Waals surface area contributed by atoms with Crippen LogP contribution < -0.4 is 10.6 Å². The minimum atomic E-state index is -0.443. The number of carbonyl (C=O) groups excluding carboxylic acids is 3. The highest BCUT2D eigenvalue weighted by atomic mass is 32.1. The Kier molecular flexibility index (Phi) is 8.00. The Morgan fingerprint density at radius 3 is 1.78 bits per heavy atom. The fourth-order valence-corrected chi connectivity index (χ4v) is 3.84. The summed E-state index contributed by atoms with van der Waals surface area (Å²) in [4.78, 5) is 39.8. The molecule has 0 saturated heterocycles. The third kappa shape index (κ3) is 6.52. The van der Waals surface area contributed by atoms with Crippen LogP contribution in [-0.4, -0.2) is 27.7 Å². The van der Waals surface area contributed by atoms with Gasteiger partial charge in [0.2, 0.25) is 11.8 Å².